The van der Waals surface area contributed by atoms with E-state index in [-0.39, 0.29) is 17.1 Å². The van der Waals surface area contributed by atoms with E-state index in [1.807, 2.05) is 0 Å². The number of hydrogen-bond acceptors (Lipinski definition) is 6. The van der Waals surface area contributed by atoms with Crippen LogP contribution in [0.25, 0.3) is 0 Å². The van der Waals surface area contributed by atoms with E-state index in [2.05, 4.69) is 0 Å². The Morgan fingerprint density at radius 2 is 1.08 bits per heavy atom. The van der Waals surface area contributed by atoms with Crippen LogP contribution < -0.4 is 0 Å². The van der Waals surface area contributed by atoms with Crippen LogP contribution in [-0.2, 0) is 47.7 Å². The molecule has 0 amide bonds. The number of rotatable bonds is 1. The van der Waals surface area contributed by atoms with E-state index in [0.717, 1.165) is 0 Å². The van der Waals surface area contributed by atoms with E-state index in [4.69, 9.17) is 35.0 Å². The van der Waals surface area contributed by atoms with E-state index >= 15 is 0 Å². The maximum atomic E-state index is 9.09. The van der Waals surface area contributed by atoms with Gasteiger partial charge in [0.05, 0.1) is 0 Å². The molecule has 0 aliphatic heterocycles. The predicted octanol–water partition coefficient (Wildman–Crippen LogP) is -2.00. The van der Waals surface area contributed by atoms with Crippen LogP contribution in [-0.4, -0.2) is 35.0 Å². The van der Waals surface area contributed by atoms with Crippen molar-refractivity contribution in [2.24, 2.45) is 0 Å². The van der Waals surface area contributed by atoms with E-state index in [9.17, 15) is 0 Å². The minimum absolute atomic E-state index is 0. The van der Waals surface area contributed by atoms with E-state index < -0.39 is 30.6 Å². The fraction of sp³-hybridized carbons (Fsp3) is 0. The van der Waals surface area contributed by atoms with Crippen LogP contribution in [0.1, 0.15) is 0 Å². The summed E-state index contributed by atoms with van der Waals surface area (Å²) < 4.78 is 67.9. The molecule has 0 aliphatic rings. The molecule has 0 aromatic carbocycles. The molecule has 0 saturated heterocycles. The third-order valence-electron chi connectivity index (χ3n) is 0.111. The van der Waals surface area contributed by atoms with Gasteiger partial charge in [0.2, 0.25) is 0 Å². The topological polar surface area (TPSA) is 155 Å². The van der Waals surface area contributed by atoms with Crippen LogP contribution in [0, 0.1) is 0 Å². The van der Waals surface area contributed by atoms with Crippen molar-refractivity contribution in [1.82, 2.24) is 0 Å². The van der Waals surface area contributed by atoms with Gasteiger partial charge in [-0.3, -0.25) is 17.5 Å². The van der Waals surface area contributed by atoms with Crippen LogP contribution in [0.4, 0.5) is 0 Å². The normalized spacial score (nSPS) is 14.7. The Labute approximate surface area is 82.8 Å². The first kappa shape index (κ1) is 18.4. The summed E-state index contributed by atoms with van der Waals surface area (Å²) in [6.07, 6.45) is 0. The molecule has 12 heteroatoms. The Balaban J connectivity index is -0.000000126. The zero-order valence-electron chi connectivity index (χ0n) is 4.92. The largest absolute Gasteiger partial charge is 2.00 e. The average molecular weight is 282 g/mol. The van der Waals surface area contributed by atoms with Gasteiger partial charge < -0.3 is 9.11 Å². The summed E-state index contributed by atoms with van der Waals surface area (Å²) in [5, 5.41) is 0. The second kappa shape index (κ2) is 8.22. The van der Waals surface area contributed by atoms with Crippen LogP contribution in [0.5, 0.6) is 0 Å². The fourth-order valence-electron chi connectivity index (χ4n) is 0. The summed E-state index contributed by atoms with van der Waals surface area (Å²) in [6, 6.07) is 0. The molecule has 2 N–H and O–H groups in total. The third-order valence-corrected chi connectivity index (χ3v) is 1.00. The molecule has 12 heavy (non-hydrogen) atoms. The maximum absolute atomic E-state index is 9.09. The molecule has 76 valence electrons. The standard InChI is InChI=1S/Fe.H2O4S2.H2O4S/c;1-5(2)6(3)4;1-5(2,3)4/h;(H,1,2)(H,3,4);(H2,1,2,3,4)/q+2;;/p-2. The van der Waals surface area contributed by atoms with Gasteiger partial charge in [0.15, 0.2) is 0 Å². The zero-order valence-corrected chi connectivity index (χ0v) is 8.48. The molecular formula is H2FeO8S3. The molecule has 0 saturated carbocycles. The summed E-state index contributed by atoms with van der Waals surface area (Å²) in [5.41, 5.74) is 0. The van der Waals surface area contributed by atoms with Crippen molar-refractivity contribution in [3.8, 4) is 0 Å². The second-order valence-electron chi connectivity index (χ2n) is 0.856. The first-order valence-electron chi connectivity index (χ1n) is 1.53. The van der Waals surface area contributed by atoms with Crippen molar-refractivity contribution >= 4 is 30.6 Å². The maximum Gasteiger partial charge on any atom is 2.00 e. The monoisotopic (exact) mass is 282 g/mol. The van der Waals surface area contributed by atoms with Gasteiger partial charge in [-0.1, -0.05) is 0 Å². The molecule has 2 atom stereocenters. The quantitative estimate of drug-likeness (QED) is 0.242. The molecule has 2 unspecified atom stereocenters. The Bertz CT molecular complexity index is 217. The minimum atomic E-state index is -4.67. The molecule has 0 heterocycles. The van der Waals surface area contributed by atoms with Gasteiger partial charge in [-0.15, -0.1) is 0 Å². The second-order valence-corrected chi connectivity index (χ2v) is 4.20. The van der Waals surface area contributed by atoms with Crippen molar-refractivity contribution in [3.63, 3.8) is 0 Å². The molecule has 0 radical (unpaired) electrons. The van der Waals surface area contributed by atoms with Gasteiger partial charge in [-0.05, 0) is 0 Å². The van der Waals surface area contributed by atoms with Gasteiger partial charge in [0.1, 0.15) is 0 Å². The van der Waals surface area contributed by atoms with Crippen molar-refractivity contribution in [3.05, 3.63) is 0 Å². The van der Waals surface area contributed by atoms with Gasteiger partial charge in [-0.25, -0.2) is 0 Å². The molecule has 0 aliphatic carbocycles. The van der Waals surface area contributed by atoms with Gasteiger partial charge in [-0.2, -0.15) is 8.42 Å². The van der Waals surface area contributed by atoms with Crippen molar-refractivity contribution in [2.45, 2.75) is 0 Å². The van der Waals surface area contributed by atoms with Crippen molar-refractivity contribution in [1.29, 1.82) is 0 Å². The molecule has 0 aromatic heterocycles. The molecule has 0 fully saturated rings. The minimum Gasteiger partial charge on any atom is -0.763 e. The van der Waals surface area contributed by atoms with Gasteiger partial charge in [0, 0.05) is 20.2 Å². The summed E-state index contributed by atoms with van der Waals surface area (Å²) >= 11 is 0. The molecule has 8 nitrogen and oxygen atoms in total. The molecule has 0 rings (SSSR count). The molecule has 0 spiro atoms. The van der Waals surface area contributed by atoms with Crippen molar-refractivity contribution < 1.29 is 52.1 Å². The van der Waals surface area contributed by atoms with E-state index in [0.29, 0.717) is 0 Å². The zero-order chi connectivity index (χ0) is 9.65. The SMILES string of the molecule is O=S(=O)(O)O.O=S([O-])S(=O)[O-].[Fe+2]. The third kappa shape index (κ3) is 46.1. The van der Waals surface area contributed by atoms with E-state index in [1.54, 1.807) is 0 Å². The summed E-state index contributed by atoms with van der Waals surface area (Å²) in [6.45, 7) is 0. The Hall–Kier alpha value is 0.609. The smallest absolute Gasteiger partial charge is 0.763 e. The van der Waals surface area contributed by atoms with Gasteiger partial charge >= 0.3 is 27.5 Å². The number of hydrogen-bond donors (Lipinski definition) is 2. The summed E-state index contributed by atoms with van der Waals surface area (Å²) in [5.74, 6) is 0. The summed E-state index contributed by atoms with van der Waals surface area (Å²) in [7, 11) is -10.6. The van der Waals surface area contributed by atoms with Crippen molar-refractivity contribution in [2.75, 3.05) is 0 Å². The Kier molecular flexibility index (Phi) is 12.6. The Morgan fingerprint density at radius 3 is 1.08 bits per heavy atom. The van der Waals surface area contributed by atoms with Crippen LogP contribution in [0.3, 0.4) is 0 Å². The fourth-order valence-corrected chi connectivity index (χ4v) is 0. The van der Waals surface area contributed by atoms with Crippen LogP contribution in [0.15, 0.2) is 0 Å². The Morgan fingerprint density at radius 1 is 1.00 bits per heavy atom. The first-order valence-corrected chi connectivity index (χ1v) is 5.60. The van der Waals surface area contributed by atoms with Crippen LogP contribution in [0.2, 0.25) is 0 Å². The van der Waals surface area contributed by atoms with Gasteiger partial charge in [0.25, 0.3) is 0 Å². The molecule has 0 aromatic rings. The molecular weight excluding hydrogens is 280 g/mol. The first-order chi connectivity index (χ1) is 4.64. The molecule has 0 bridgehead atoms. The van der Waals surface area contributed by atoms with E-state index in [1.165, 1.54) is 0 Å². The predicted molar refractivity (Wildman–Crippen MR) is 32.0 cm³/mol. The average Bonchev–Trinajstić information content (AvgIpc) is 1.59. The summed E-state index contributed by atoms with van der Waals surface area (Å²) in [4.78, 5) is 0. The van der Waals surface area contributed by atoms with Crippen LogP contribution >= 0.6 is 0 Å².